The first-order chi connectivity index (χ1) is 9.95. The van der Waals surface area contributed by atoms with Crippen molar-refractivity contribution in [1.29, 1.82) is 0 Å². The fourth-order valence-electron chi connectivity index (χ4n) is 2.26. The van der Waals surface area contributed by atoms with Crippen LogP contribution in [0.5, 0.6) is 0 Å². The quantitative estimate of drug-likeness (QED) is 0.804. The lowest BCUT2D eigenvalue weighted by Crippen LogP contribution is -2.24. The van der Waals surface area contributed by atoms with Gasteiger partial charge in [0.2, 0.25) is 0 Å². The second kappa shape index (κ2) is 6.73. The highest BCUT2D eigenvalue weighted by atomic mass is 35.5. The maximum absolute atomic E-state index is 14.2. The third-order valence-electron chi connectivity index (χ3n) is 3.29. The Bertz CT molecular complexity index is 639. The largest absolute Gasteiger partial charge is 0.306 e. The Morgan fingerprint density at radius 1 is 1.10 bits per heavy atom. The van der Waals surface area contributed by atoms with Crippen molar-refractivity contribution in [3.63, 3.8) is 0 Å². The van der Waals surface area contributed by atoms with Gasteiger partial charge >= 0.3 is 0 Å². The highest BCUT2D eigenvalue weighted by Crippen LogP contribution is 2.35. The van der Waals surface area contributed by atoms with Crippen molar-refractivity contribution in [1.82, 2.24) is 5.32 Å². The van der Waals surface area contributed by atoms with E-state index in [9.17, 15) is 8.78 Å². The molecule has 112 valence electrons. The molecule has 0 aliphatic heterocycles. The normalized spacial score (nSPS) is 12.5. The van der Waals surface area contributed by atoms with Crippen LogP contribution in [0.15, 0.2) is 30.3 Å². The average Bonchev–Trinajstić information content (AvgIpc) is 2.42. The number of halogens is 4. The molecular weight excluding hydrogens is 315 g/mol. The molecule has 0 bridgehead atoms. The molecule has 2 rings (SSSR count). The summed E-state index contributed by atoms with van der Waals surface area (Å²) in [5.74, 6) is -1.20. The van der Waals surface area contributed by atoms with Crippen LogP contribution in [0.1, 0.15) is 29.7 Å². The van der Waals surface area contributed by atoms with Crippen LogP contribution in [-0.4, -0.2) is 6.54 Å². The van der Waals surface area contributed by atoms with Crippen LogP contribution in [0.2, 0.25) is 10.0 Å². The van der Waals surface area contributed by atoms with Gasteiger partial charge in [0.25, 0.3) is 0 Å². The molecule has 5 heteroatoms. The SMILES string of the molecule is CCNC(c1cc(C)c(F)cc1F)c1c(Cl)cccc1Cl. The zero-order valence-corrected chi connectivity index (χ0v) is 13.2. The van der Waals surface area contributed by atoms with E-state index < -0.39 is 17.7 Å². The number of hydrogen-bond donors (Lipinski definition) is 1. The van der Waals surface area contributed by atoms with E-state index in [4.69, 9.17) is 23.2 Å². The van der Waals surface area contributed by atoms with E-state index in [-0.39, 0.29) is 0 Å². The third kappa shape index (κ3) is 3.37. The molecule has 21 heavy (non-hydrogen) atoms. The summed E-state index contributed by atoms with van der Waals surface area (Å²) in [6, 6.07) is 6.96. The van der Waals surface area contributed by atoms with Gasteiger partial charge in [-0.25, -0.2) is 8.78 Å². The van der Waals surface area contributed by atoms with Gasteiger partial charge in [0.15, 0.2) is 0 Å². The molecular formula is C16H15Cl2F2N. The van der Waals surface area contributed by atoms with Gasteiger partial charge in [0, 0.05) is 27.2 Å². The van der Waals surface area contributed by atoms with Crippen molar-refractivity contribution in [3.8, 4) is 0 Å². The van der Waals surface area contributed by atoms with Crippen molar-refractivity contribution in [2.45, 2.75) is 19.9 Å². The minimum atomic E-state index is -0.625. The van der Waals surface area contributed by atoms with E-state index in [1.54, 1.807) is 25.1 Å². The van der Waals surface area contributed by atoms with E-state index in [1.165, 1.54) is 6.07 Å². The molecule has 1 unspecified atom stereocenters. The molecule has 2 aromatic rings. The molecule has 1 N–H and O–H groups in total. The summed E-state index contributed by atoms with van der Waals surface area (Å²) in [5.41, 5.74) is 1.29. The molecule has 0 aromatic heterocycles. The van der Waals surface area contributed by atoms with E-state index >= 15 is 0 Å². The maximum atomic E-state index is 14.2. The number of nitrogens with one attached hydrogen (secondary N) is 1. The Kier molecular flexibility index (Phi) is 5.20. The highest BCUT2D eigenvalue weighted by Gasteiger charge is 2.23. The lowest BCUT2D eigenvalue weighted by molar-refractivity contribution is 0.538. The van der Waals surface area contributed by atoms with Crippen LogP contribution in [0.25, 0.3) is 0 Å². The smallest absolute Gasteiger partial charge is 0.131 e. The summed E-state index contributed by atoms with van der Waals surface area (Å²) in [7, 11) is 0. The Morgan fingerprint density at radius 3 is 2.29 bits per heavy atom. The second-order valence-corrected chi connectivity index (χ2v) is 5.56. The summed E-state index contributed by atoms with van der Waals surface area (Å²) >= 11 is 12.4. The third-order valence-corrected chi connectivity index (χ3v) is 3.94. The zero-order valence-electron chi connectivity index (χ0n) is 11.7. The number of aryl methyl sites for hydroxylation is 1. The minimum Gasteiger partial charge on any atom is -0.306 e. The van der Waals surface area contributed by atoms with Crippen LogP contribution in [0.3, 0.4) is 0 Å². The van der Waals surface area contributed by atoms with Gasteiger partial charge in [-0.1, -0.05) is 36.2 Å². The van der Waals surface area contributed by atoms with Gasteiger partial charge in [-0.2, -0.15) is 0 Å². The van der Waals surface area contributed by atoms with E-state index in [0.717, 1.165) is 6.07 Å². The van der Waals surface area contributed by atoms with Gasteiger partial charge in [-0.3, -0.25) is 0 Å². The predicted octanol–water partition coefficient (Wildman–Crippen LogP) is 5.28. The number of benzene rings is 2. The number of hydrogen-bond acceptors (Lipinski definition) is 1. The Hall–Kier alpha value is -1.16. The van der Waals surface area contributed by atoms with Crippen molar-refractivity contribution >= 4 is 23.2 Å². The Balaban J connectivity index is 2.62. The lowest BCUT2D eigenvalue weighted by Gasteiger charge is -2.22. The summed E-state index contributed by atoms with van der Waals surface area (Å²) in [5, 5.41) is 4.03. The average molecular weight is 330 g/mol. The van der Waals surface area contributed by atoms with Crippen LogP contribution < -0.4 is 5.32 Å². The van der Waals surface area contributed by atoms with Gasteiger partial charge in [0.05, 0.1) is 6.04 Å². The lowest BCUT2D eigenvalue weighted by atomic mass is 9.96. The molecule has 0 amide bonds. The van der Waals surface area contributed by atoms with Gasteiger partial charge in [-0.15, -0.1) is 0 Å². The summed E-state index contributed by atoms with van der Waals surface area (Å²) in [4.78, 5) is 0. The van der Waals surface area contributed by atoms with Crippen LogP contribution in [0, 0.1) is 18.6 Å². The molecule has 0 radical (unpaired) electrons. The van der Waals surface area contributed by atoms with Gasteiger partial charge < -0.3 is 5.32 Å². The van der Waals surface area contributed by atoms with E-state index in [1.807, 2.05) is 6.92 Å². The molecule has 0 saturated carbocycles. The molecule has 0 saturated heterocycles. The molecule has 0 aliphatic carbocycles. The van der Waals surface area contributed by atoms with Crippen molar-refractivity contribution in [2.24, 2.45) is 0 Å². The molecule has 2 aromatic carbocycles. The predicted molar refractivity (Wildman–Crippen MR) is 83.1 cm³/mol. The Labute approximate surface area is 132 Å². The summed E-state index contributed by atoms with van der Waals surface area (Å²) < 4.78 is 27.6. The molecule has 0 fully saturated rings. The fraction of sp³-hybridized carbons (Fsp3) is 0.250. The van der Waals surface area contributed by atoms with Crippen molar-refractivity contribution in [3.05, 3.63) is 68.7 Å². The van der Waals surface area contributed by atoms with Crippen molar-refractivity contribution in [2.75, 3.05) is 6.54 Å². The van der Waals surface area contributed by atoms with E-state index in [0.29, 0.717) is 33.3 Å². The topological polar surface area (TPSA) is 12.0 Å². The summed E-state index contributed by atoms with van der Waals surface area (Å²) in [6.45, 7) is 4.07. The second-order valence-electron chi connectivity index (χ2n) is 4.75. The molecule has 0 aliphatic rings. The molecule has 1 atom stereocenters. The molecule has 0 heterocycles. The van der Waals surface area contributed by atoms with E-state index in [2.05, 4.69) is 5.32 Å². The highest BCUT2D eigenvalue weighted by molar-refractivity contribution is 6.36. The molecule has 1 nitrogen and oxygen atoms in total. The monoisotopic (exact) mass is 329 g/mol. The van der Waals surface area contributed by atoms with Gasteiger partial charge in [-0.05, 0) is 37.2 Å². The maximum Gasteiger partial charge on any atom is 0.131 e. The van der Waals surface area contributed by atoms with Crippen LogP contribution in [-0.2, 0) is 0 Å². The first-order valence-electron chi connectivity index (χ1n) is 6.58. The fourth-order valence-corrected chi connectivity index (χ4v) is 2.87. The minimum absolute atomic E-state index is 0.325. The van der Waals surface area contributed by atoms with Crippen LogP contribution in [0.4, 0.5) is 8.78 Å². The first-order valence-corrected chi connectivity index (χ1v) is 7.34. The number of rotatable bonds is 4. The van der Waals surface area contributed by atoms with Crippen molar-refractivity contribution < 1.29 is 8.78 Å². The first kappa shape index (κ1) is 16.2. The molecule has 0 spiro atoms. The zero-order chi connectivity index (χ0) is 15.6. The standard InChI is InChI=1S/C16H15Cl2F2N/c1-3-21-16(15-11(17)5-4-6-12(15)18)10-7-9(2)13(19)8-14(10)20/h4-8,16,21H,3H2,1-2H3. The Morgan fingerprint density at radius 2 is 1.71 bits per heavy atom. The summed E-state index contributed by atoms with van der Waals surface area (Å²) in [6.07, 6.45) is 0. The van der Waals surface area contributed by atoms with Gasteiger partial charge in [0.1, 0.15) is 11.6 Å². The van der Waals surface area contributed by atoms with Crippen LogP contribution >= 0.6 is 23.2 Å².